The minimum Gasteiger partial charge on any atom is -0.479 e. The Labute approximate surface area is 153 Å². The maximum Gasteiger partial charge on any atom is 0.321 e. The summed E-state index contributed by atoms with van der Waals surface area (Å²) in [6.45, 7) is 5.60. The van der Waals surface area contributed by atoms with Gasteiger partial charge in [0.25, 0.3) is 5.91 Å². The van der Waals surface area contributed by atoms with Crippen molar-refractivity contribution >= 4 is 23.3 Å². The number of carbonyl (C=O) groups is 2. The van der Waals surface area contributed by atoms with Crippen molar-refractivity contribution in [1.29, 1.82) is 0 Å². The molecule has 2 atom stereocenters. The van der Waals surface area contributed by atoms with E-state index in [0.29, 0.717) is 23.2 Å². The van der Waals surface area contributed by atoms with Crippen LogP contribution in [0.4, 0.5) is 16.2 Å². The number of rotatable bonds is 2. The minimum absolute atomic E-state index is 0.0785. The van der Waals surface area contributed by atoms with Gasteiger partial charge in [-0.2, -0.15) is 0 Å². The van der Waals surface area contributed by atoms with Crippen molar-refractivity contribution in [1.82, 2.24) is 9.80 Å². The maximum atomic E-state index is 12.7. The lowest BCUT2D eigenvalue weighted by molar-refractivity contribution is -0.122. The fraction of sp³-hybridized carbons (Fsp3) is 0.579. The number of nitrogens with zero attached hydrogens (tertiary/aromatic N) is 2. The monoisotopic (exact) mass is 358 g/mol. The number of benzene rings is 1. The number of anilines is 2. The predicted octanol–water partition coefficient (Wildman–Crippen LogP) is 2.50. The standard InChI is InChI=1S/C19H26N4O3/c1-13-18(24)21-16-11-14(6-7-17(16)26-13)20-19(25)23-10-4-5-15(12-23)22-8-2-3-9-22/h6-7,11,13,15H,2-5,8-10,12H2,1H3,(H,20,25)(H,21,24)/t13-,15+/m1/s1. The molecule has 26 heavy (non-hydrogen) atoms. The van der Waals surface area contributed by atoms with E-state index >= 15 is 0 Å². The average molecular weight is 358 g/mol. The molecule has 7 heteroatoms. The van der Waals surface area contributed by atoms with Gasteiger partial charge >= 0.3 is 6.03 Å². The Kier molecular flexibility index (Phi) is 4.72. The number of nitrogens with one attached hydrogen (secondary N) is 2. The van der Waals surface area contributed by atoms with Crippen molar-refractivity contribution in [3.63, 3.8) is 0 Å². The molecule has 0 saturated carbocycles. The molecule has 0 aromatic heterocycles. The fourth-order valence-corrected chi connectivity index (χ4v) is 4.03. The maximum absolute atomic E-state index is 12.7. The second-order valence-electron chi connectivity index (χ2n) is 7.38. The Hall–Kier alpha value is -2.28. The van der Waals surface area contributed by atoms with Crippen LogP contribution in [0.2, 0.25) is 0 Å². The van der Waals surface area contributed by atoms with Crippen LogP contribution in [0.25, 0.3) is 0 Å². The highest BCUT2D eigenvalue weighted by atomic mass is 16.5. The van der Waals surface area contributed by atoms with Gasteiger partial charge in [0.1, 0.15) is 5.75 Å². The highest BCUT2D eigenvalue weighted by molar-refractivity contribution is 5.99. The molecule has 0 aliphatic carbocycles. The number of hydrogen-bond acceptors (Lipinski definition) is 4. The third-order valence-corrected chi connectivity index (χ3v) is 5.50. The third-order valence-electron chi connectivity index (χ3n) is 5.50. The van der Waals surface area contributed by atoms with Gasteiger partial charge < -0.3 is 20.3 Å². The molecule has 7 nitrogen and oxygen atoms in total. The van der Waals surface area contributed by atoms with Gasteiger partial charge in [-0.3, -0.25) is 9.69 Å². The molecule has 3 heterocycles. The number of hydrogen-bond donors (Lipinski definition) is 2. The summed E-state index contributed by atoms with van der Waals surface area (Å²) in [6.07, 6.45) is 4.25. The van der Waals surface area contributed by atoms with Crippen LogP contribution in [0.5, 0.6) is 5.75 Å². The van der Waals surface area contributed by atoms with Crippen LogP contribution >= 0.6 is 0 Å². The van der Waals surface area contributed by atoms with Gasteiger partial charge in [0.05, 0.1) is 5.69 Å². The van der Waals surface area contributed by atoms with Crippen LogP contribution in [-0.4, -0.2) is 60.1 Å². The van der Waals surface area contributed by atoms with Gasteiger partial charge in [-0.15, -0.1) is 0 Å². The fourth-order valence-electron chi connectivity index (χ4n) is 4.03. The summed E-state index contributed by atoms with van der Waals surface area (Å²) in [4.78, 5) is 28.9. The number of urea groups is 1. The van der Waals surface area contributed by atoms with Gasteiger partial charge in [0.15, 0.2) is 6.10 Å². The summed E-state index contributed by atoms with van der Waals surface area (Å²) >= 11 is 0. The molecule has 2 fully saturated rings. The number of ether oxygens (including phenoxy) is 1. The molecule has 0 unspecified atom stereocenters. The van der Waals surface area contributed by atoms with E-state index < -0.39 is 6.10 Å². The van der Waals surface area contributed by atoms with Gasteiger partial charge in [-0.05, 0) is 63.9 Å². The zero-order chi connectivity index (χ0) is 18.1. The molecule has 3 aliphatic heterocycles. The number of carbonyl (C=O) groups excluding carboxylic acids is 2. The van der Waals surface area contributed by atoms with E-state index in [0.717, 1.165) is 32.6 Å². The van der Waals surface area contributed by atoms with Crippen molar-refractivity contribution in [3.8, 4) is 5.75 Å². The molecule has 1 aromatic rings. The van der Waals surface area contributed by atoms with Crippen LogP contribution in [0.15, 0.2) is 18.2 Å². The van der Waals surface area contributed by atoms with Crippen molar-refractivity contribution < 1.29 is 14.3 Å². The van der Waals surface area contributed by atoms with Gasteiger partial charge in [0.2, 0.25) is 0 Å². The second kappa shape index (κ2) is 7.15. The zero-order valence-electron chi connectivity index (χ0n) is 15.2. The summed E-state index contributed by atoms with van der Waals surface area (Å²) in [7, 11) is 0. The molecular weight excluding hydrogens is 332 g/mol. The predicted molar refractivity (Wildman–Crippen MR) is 99.6 cm³/mol. The Morgan fingerprint density at radius 1 is 1.23 bits per heavy atom. The summed E-state index contributed by atoms with van der Waals surface area (Å²) in [6, 6.07) is 5.74. The molecule has 0 spiro atoms. The Balaban J connectivity index is 1.40. The van der Waals surface area contributed by atoms with E-state index in [4.69, 9.17) is 4.74 Å². The molecule has 0 radical (unpaired) electrons. The lowest BCUT2D eigenvalue weighted by atomic mass is 10.0. The lowest BCUT2D eigenvalue weighted by Gasteiger charge is -2.37. The summed E-state index contributed by atoms with van der Waals surface area (Å²) in [5.74, 6) is 0.452. The van der Waals surface area contributed by atoms with E-state index in [1.807, 2.05) is 11.0 Å². The first-order valence-electron chi connectivity index (χ1n) is 9.52. The Morgan fingerprint density at radius 3 is 2.85 bits per heavy atom. The van der Waals surface area contributed by atoms with Gasteiger partial charge in [-0.1, -0.05) is 0 Å². The molecule has 0 bridgehead atoms. The highest BCUT2D eigenvalue weighted by Crippen LogP contribution is 2.32. The van der Waals surface area contributed by atoms with E-state index in [1.54, 1.807) is 19.1 Å². The number of piperidine rings is 1. The van der Waals surface area contributed by atoms with Crippen LogP contribution in [0.3, 0.4) is 0 Å². The third kappa shape index (κ3) is 3.49. The van der Waals surface area contributed by atoms with E-state index in [9.17, 15) is 9.59 Å². The smallest absolute Gasteiger partial charge is 0.321 e. The zero-order valence-corrected chi connectivity index (χ0v) is 15.2. The van der Waals surface area contributed by atoms with E-state index in [-0.39, 0.29) is 11.9 Å². The van der Waals surface area contributed by atoms with Crippen LogP contribution in [-0.2, 0) is 4.79 Å². The quantitative estimate of drug-likeness (QED) is 0.852. The summed E-state index contributed by atoms with van der Waals surface area (Å²) < 4.78 is 5.55. The lowest BCUT2D eigenvalue weighted by Crippen LogP contribution is -2.50. The molecule has 140 valence electrons. The Morgan fingerprint density at radius 2 is 2.04 bits per heavy atom. The van der Waals surface area contributed by atoms with Gasteiger partial charge in [-0.25, -0.2) is 4.79 Å². The molecule has 3 aliphatic rings. The van der Waals surface area contributed by atoms with E-state index in [2.05, 4.69) is 15.5 Å². The summed E-state index contributed by atoms with van der Waals surface area (Å²) in [5, 5.41) is 5.77. The van der Waals surface area contributed by atoms with Crippen LogP contribution in [0, 0.1) is 0 Å². The number of amides is 3. The normalized spacial score (nSPS) is 26.0. The second-order valence-corrected chi connectivity index (χ2v) is 7.38. The highest BCUT2D eigenvalue weighted by Gasteiger charge is 2.29. The first kappa shape index (κ1) is 17.1. The van der Waals surface area contributed by atoms with Crippen molar-refractivity contribution in [2.45, 2.75) is 44.8 Å². The van der Waals surface area contributed by atoms with E-state index in [1.165, 1.54) is 19.3 Å². The largest absolute Gasteiger partial charge is 0.479 e. The van der Waals surface area contributed by atoms with Crippen molar-refractivity contribution in [2.24, 2.45) is 0 Å². The average Bonchev–Trinajstić information content (AvgIpc) is 3.18. The molecule has 4 rings (SSSR count). The minimum atomic E-state index is -0.501. The number of fused-ring (bicyclic) bond motifs is 1. The summed E-state index contributed by atoms with van der Waals surface area (Å²) in [5.41, 5.74) is 1.26. The molecule has 3 amide bonds. The Bertz CT molecular complexity index is 702. The molecular formula is C19H26N4O3. The molecule has 2 saturated heterocycles. The topological polar surface area (TPSA) is 73.9 Å². The first-order valence-corrected chi connectivity index (χ1v) is 9.52. The van der Waals surface area contributed by atoms with Gasteiger partial charge in [0, 0.05) is 24.8 Å². The first-order chi connectivity index (χ1) is 12.6. The molecule has 1 aromatic carbocycles. The van der Waals surface area contributed by atoms with Crippen LogP contribution in [0.1, 0.15) is 32.6 Å². The van der Waals surface area contributed by atoms with Crippen molar-refractivity contribution in [3.05, 3.63) is 18.2 Å². The number of likely N-dealkylation sites (tertiary alicyclic amines) is 2. The van der Waals surface area contributed by atoms with Crippen LogP contribution < -0.4 is 15.4 Å². The molecule has 2 N–H and O–H groups in total. The SMILES string of the molecule is C[C@H]1Oc2ccc(NC(=O)N3CCC[C@H](N4CCCC4)C3)cc2NC1=O. The van der Waals surface area contributed by atoms with Crippen molar-refractivity contribution in [2.75, 3.05) is 36.8 Å².